The van der Waals surface area contributed by atoms with Gasteiger partial charge in [-0.05, 0) is 12.1 Å². The Kier molecular flexibility index (Phi) is 3.19. The van der Waals surface area contributed by atoms with Crippen LogP contribution in [0.1, 0.15) is 10.4 Å². The summed E-state index contributed by atoms with van der Waals surface area (Å²) in [5, 5.41) is 12.9. The van der Waals surface area contributed by atoms with Crippen LogP contribution in [0.4, 0.5) is 5.69 Å². The van der Waals surface area contributed by atoms with Gasteiger partial charge in [0.05, 0.1) is 4.92 Å². The third kappa shape index (κ3) is 2.20. The fourth-order valence-electron chi connectivity index (χ4n) is 1.05. The molecular formula is C8H9N3O4. The van der Waals surface area contributed by atoms with Crippen molar-refractivity contribution in [2.45, 2.75) is 0 Å². The largest absolute Gasteiger partial charge is 0.404 e. The molecule has 0 saturated carbocycles. The highest BCUT2D eigenvalue weighted by atomic mass is 16.6. The second-order valence-corrected chi connectivity index (χ2v) is 2.64. The number of benzene rings is 1. The molecule has 0 aliphatic heterocycles. The standard InChI is InChI=1S/C8H9N3O4/c1-10-8(12)5-2-3-7(15-9)6(4-5)11(13)14/h2-4H,9H2,1H3,(H,10,12). The lowest BCUT2D eigenvalue weighted by Gasteiger charge is -2.02. The number of amides is 1. The van der Waals surface area contributed by atoms with Gasteiger partial charge in [0.1, 0.15) is 0 Å². The van der Waals surface area contributed by atoms with Crippen LogP contribution in [-0.2, 0) is 0 Å². The van der Waals surface area contributed by atoms with Gasteiger partial charge in [0, 0.05) is 18.7 Å². The Morgan fingerprint density at radius 1 is 1.60 bits per heavy atom. The van der Waals surface area contributed by atoms with Crippen molar-refractivity contribution in [2.75, 3.05) is 7.05 Å². The van der Waals surface area contributed by atoms with Crippen molar-refractivity contribution in [1.82, 2.24) is 5.32 Å². The normalized spacial score (nSPS) is 9.47. The molecule has 7 heteroatoms. The fraction of sp³-hybridized carbons (Fsp3) is 0.125. The second kappa shape index (κ2) is 4.38. The summed E-state index contributed by atoms with van der Waals surface area (Å²) in [5.41, 5.74) is -0.177. The van der Waals surface area contributed by atoms with Gasteiger partial charge in [-0.15, -0.1) is 0 Å². The van der Waals surface area contributed by atoms with E-state index in [0.717, 1.165) is 6.07 Å². The highest BCUT2D eigenvalue weighted by Gasteiger charge is 2.17. The van der Waals surface area contributed by atoms with E-state index < -0.39 is 10.8 Å². The number of hydrogen-bond donors (Lipinski definition) is 2. The lowest BCUT2D eigenvalue weighted by atomic mass is 10.2. The average molecular weight is 211 g/mol. The third-order valence-electron chi connectivity index (χ3n) is 1.77. The molecule has 0 bridgehead atoms. The Hall–Kier alpha value is -2.15. The molecule has 0 aromatic heterocycles. The molecule has 0 aliphatic rings. The van der Waals surface area contributed by atoms with Crippen molar-refractivity contribution in [3.05, 3.63) is 33.9 Å². The molecule has 0 spiro atoms. The molecule has 1 amide bonds. The first kappa shape index (κ1) is 10.9. The van der Waals surface area contributed by atoms with Crippen molar-refractivity contribution in [1.29, 1.82) is 0 Å². The van der Waals surface area contributed by atoms with Gasteiger partial charge in [-0.25, -0.2) is 0 Å². The van der Waals surface area contributed by atoms with Gasteiger partial charge < -0.3 is 10.2 Å². The van der Waals surface area contributed by atoms with E-state index in [0.29, 0.717) is 0 Å². The van der Waals surface area contributed by atoms with Crippen LogP contribution in [0, 0.1) is 10.1 Å². The van der Waals surface area contributed by atoms with E-state index in [9.17, 15) is 14.9 Å². The topological polar surface area (TPSA) is 107 Å². The molecule has 80 valence electrons. The number of rotatable bonds is 3. The number of carbonyl (C=O) groups excluding carboxylic acids is 1. The predicted octanol–water partition coefficient (Wildman–Crippen LogP) is 0.207. The molecule has 7 nitrogen and oxygen atoms in total. The van der Waals surface area contributed by atoms with Crippen molar-refractivity contribution in [3.63, 3.8) is 0 Å². The number of nitro benzene ring substituents is 1. The second-order valence-electron chi connectivity index (χ2n) is 2.64. The average Bonchev–Trinajstić information content (AvgIpc) is 2.27. The molecule has 3 N–H and O–H groups in total. The summed E-state index contributed by atoms with van der Waals surface area (Å²) < 4.78 is 0. The quantitative estimate of drug-likeness (QED) is 0.548. The molecule has 1 rings (SSSR count). The summed E-state index contributed by atoms with van der Waals surface area (Å²) in [5.74, 6) is 4.34. The smallest absolute Gasteiger partial charge is 0.314 e. The van der Waals surface area contributed by atoms with Crippen molar-refractivity contribution < 1.29 is 14.6 Å². The van der Waals surface area contributed by atoms with Gasteiger partial charge >= 0.3 is 5.69 Å². The van der Waals surface area contributed by atoms with E-state index in [-0.39, 0.29) is 17.0 Å². The molecule has 0 atom stereocenters. The molecule has 0 unspecified atom stereocenters. The van der Waals surface area contributed by atoms with Gasteiger partial charge in [-0.2, -0.15) is 5.90 Å². The van der Waals surface area contributed by atoms with Crippen LogP contribution in [0.5, 0.6) is 5.75 Å². The maximum absolute atomic E-state index is 11.2. The summed E-state index contributed by atoms with van der Waals surface area (Å²) in [6.07, 6.45) is 0. The molecule has 0 saturated heterocycles. The van der Waals surface area contributed by atoms with Crippen LogP contribution in [-0.4, -0.2) is 17.9 Å². The van der Waals surface area contributed by atoms with Gasteiger partial charge in [0.25, 0.3) is 5.91 Å². The van der Waals surface area contributed by atoms with E-state index in [1.165, 1.54) is 19.2 Å². The fourth-order valence-corrected chi connectivity index (χ4v) is 1.05. The van der Waals surface area contributed by atoms with Crippen LogP contribution < -0.4 is 16.1 Å². The molecule has 15 heavy (non-hydrogen) atoms. The zero-order valence-electron chi connectivity index (χ0n) is 7.89. The first-order chi connectivity index (χ1) is 7.10. The monoisotopic (exact) mass is 211 g/mol. The van der Waals surface area contributed by atoms with E-state index in [4.69, 9.17) is 5.90 Å². The van der Waals surface area contributed by atoms with Gasteiger partial charge in [0.15, 0.2) is 0 Å². The van der Waals surface area contributed by atoms with Crippen LogP contribution in [0.2, 0.25) is 0 Å². The highest BCUT2D eigenvalue weighted by molar-refractivity contribution is 5.94. The molecule has 0 fully saturated rings. The van der Waals surface area contributed by atoms with Crippen molar-refractivity contribution in [3.8, 4) is 5.75 Å². The lowest BCUT2D eigenvalue weighted by Crippen LogP contribution is -2.18. The highest BCUT2D eigenvalue weighted by Crippen LogP contribution is 2.26. The zero-order valence-corrected chi connectivity index (χ0v) is 7.89. The molecular weight excluding hydrogens is 202 g/mol. The molecule has 0 heterocycles. The minimum Gasteiger partial charge on any atom is -0.404 e. The van der Waals surface area contributed by atoms with E-state index in [1.807, 2.05) is 0 Å². The summed E-state index contributed by atoms with van der Waals surface area (Å²) in [6.45, 7) is 0. The Balaban J connectivity index is 3.22. The van der Waals surface area contributed by atoms with Crippen LogP contribution in [0.25, 0.3) is 0 Å². The number of hydrogen-bond acceptors (Lipinski definition) is 5. The van der Waals surface area contributed by atoms with Crippen LogP contribution in [0.3, 0.4) is 0 Å². The summed E-state index contributed by atoms with van der Waals surface area (Å²) in [7, 11) is 1.43. The number of nitro groups is 1. The Labute approximate surface area is 84.9 Å². The van der Waals surface area contributed by atoms with Gasteiger partial charge in [-0.1, -0.05) is 0 Å². The Morgan fingerprint density at radius 3 is 2.73 bits per heavy atom. The molecule has 0 radical (unpaired) electrons. The zero-order chi connectivity index (χ0) is 11.4. The number of nitrogens with zero attached hydrogens (tertiary/aromatic N) is 1. The van der Waals surface area contributed by atoms with Gasteiger partial charge in [-0.3, -0.25) is 14.9 Å². The Bertz CT molecular complexity index is 405. The molecule has 0 aliphatic carbocycles. The minimum absolute atomic E-state index is 0.0901. The molecule has 1 aromatic carbocycles. The summed E-state index contributed by atoms with van der Waals surface area (Å²) in [4.78, 5) is 25.4. The molecule has 1 aromatic rings. The van der Waals surface area contributed by atoms with E-state index >= 15 is 0 Å². The van der Waals surface area contributed by atoms with E-state index in [2.05, 4.69) is 10.2 Å². The maximum atomic E-state index is 11.2. The third-order valence-corrected chi connectivity index (χ3v) is 1.77. The number of carbonyl (C=O) groups is 1. The van der Waals surface area contributed by atoms with Crippen molar-refractivity contribution in [2.24, 2.45) is 5.90 Å². The predicted molar refractivity (Wildman–Crippen MR) is 51.3 cm³/mol. The number of nitrogens with two attached hydrogens (primary N) is 1. The first-order valence-corrected chi connectivity index (χ1v) is 3.97. The van der Waals surface area contributed by atoms with Crippen LogP contribution >= 0.6 is 0 Å². The summed E-state index contributed by atoms with van der Waals surface area (Å²) in [6, 6.07) is 3.75. The van der Waals surface area contributed by atoms with E-state index in [1.54, 1.807) is 0 Å². The van der Waals surface area contributed by atoms with Crippen LogP contribution in [0.15, 0.2) is 18.2 Å². The SMILES string of the molecule is CNC(=O)c1ccc(ON)c([N+](=O)[O-])c1. The summed E-state index contributed by atoms with van der Waals surface area (Å²) >= 11 is 0. The van der Waals surface area contributed by atoms with Gasteiger partial charge in [0.2, 0.25) is 5.75 Å². The Morgan fingerprint density at radius 2 is 2.27 bits per heavy atom. The number of nitrogens with one attached hydrogen (secondary N) is 1. The lowest BCUT2D eigenvalue weighted by molar-refractivity contribution is -0.385. The minimum atomic E-state index is -0.672. The first-order valence-electron chi connectivity index (χ1n) is 3.97. The maximum Gasteiger partial charge on any atom is 0.314 e. The van der Waals surface area contributed by atoms with Crippen molar-refractivity contribution >= 4 is 11.6 Å².